The average Bonchev–Trinajstić information content (AvgIpc) is 3.14. The number of benzene rings is 1. The van der Waals surface area contributed by atoms with Gasteiger partial charge in [-0.25, -0.2) is 4.79 Å². The molecule has 2 rings (SSSR count). The van der Waals surface area contributed by atoms with Gasteiger partial charge in [0, 0.05) is 0 Å². The summed E-state index contributed by atoms with van der Waals surface area (Å²) in [5.41, 5.74) is 0. The molecule has 0 spiro atoms. The van der Waals surface area contributed by atoms with Gasteiger partial charge in [-0.2, -0.15) is 0 Å². The summed E-state index contributed by atoms with van der Waals surface area (Å²) in [7, 11) is 0. The van der Waals surface area contributed by atoms with Gasteiger partial charge in [-0.15, -0.1) is 0 Å². The normalized spacial score (nSPS) is 11.4. The van der Waals surface area contributed by atoms with Crippen LogP contribution in [0.3, 0.4) is 0 Å². The van der Waals surface area contributed by atoms with Crippen LogP contribution >= 0.6 is 0 Å². The van der Waals surface area contributed by atoms with Crippen LogP contribution in [-0.4, -0.2) is 31.7 Å². The number of hydrogen-bond acceptors (Lipinski definition) is 6. The molecule has 0 radical (unpaired) electrons. The Hall–Kier alpha value is -2.96. The lowest BCUT2D eigenvalue weighted by Crippen LogP contribution is -2.31. The molecule has 1 heterocycles. The molecule has 7 heteroatoms. The minimum Gasteiger partial charge on any atom is -0.494 e. The van der Waals surface area contributed by atoms with Gasteiger partial charge >= 0.3 is 5.97 Å². The number of furan rings is 1. The van der Waals surface area contributed by atoms with E-state index in [0.29, 0.717) is 18.1 Å². The molecule has 1 N–H and O–H groups in total. The van der Waals surface area contributed by atoms with Crippen LogP contribution < -0.4 is 14.8 Å². The van der Waals surface area contributed by atoms with E-state index in [9.17, 15) is 9.59 Å². The van der Waals surface area contributed by atoms with E-state index < -0.39 is 11.9 Å². The van der Waals surface area contributed by atoms with E-state index in [-0.39, 0.29) is 19.3 Å². The number of ether oxygens (including phenoxy) is 3. The lowest BCUT2D eigenvalue weighted by atomic mass is 10.2. The van der Waals surface area contributed by atoms with E-state index >= 15 is 0 Å². The maximum absolute atomic E-state index is 11.7. The molecule has 1 aromatic carbocycles. The SMILES string of the molecule is CCOc1ccc(OCC(=O)OCC(=O)N[C@@H](C)c2ccco2)cc1. The molecule has 0 saturated heterocycles. The molecule has 0 aliphatic heterocycles. The molecule has 1 amide bonds. The molecule has 134 valence electrons. The molecule has 0 bridgehead atoms. The number of rotatable bonds is 9. The summed E-state index contributed by atoms with van der Waals surface area (Å²) >= 11 is 0. The molecule has 0 aliphatic carbocycles. The molecule has 0 unspecified atom stereocenters. The van der Waals surface area contributed by atoms with Crippen molar-refractivity contribution < 1.29 is 28.2 Å². The van der Waals surface area contributed by atoms with Gasteiger partial charge in [-0.1, -0.05) is 0 Å². The van der Waals surface area contributed by atoms with Crippen molar-refractivity contribution in [2.45, 2.75) is 19.9 Å². The van der Waals surface area contributed by atoms with Gasteiger partial charge in [0.15, 0.2) is 13.2 Å². The van der Waals surface area contributed by atoms with Crippen LogP contribution in [0.1, 0.15) is 25.6 Å². The predicted octanol–water partition coefficient (Wildman–Crippen LogP) is 2.48. The van der Waals surface area contributed by atoms with Crippen molar-refractivity contribution in [3.8, 4) is 11.5 Å². The van der Waals surface area contributed by atoms with E-state index in [0.717, 1.165) is 5.75 Å². The first kappa shape index (κ1) is 18.4. The van der Waals surface area contributed by atoms with Gasteiger partial charge < -0.3 is 23.9 Å². The fourth-order valence-corrected chi connectivity index (χ4v) is 2.02. The Morgan fingerprint density at radius 3 is 2.36 bits per heavy atom. The fourth-order valence-electron chi connectivity index (χ4n) is 2.02. The Morgan fingerprint density at radius 2 is 1.76 bits per heavy atom. The predicted molar refractivity (Wildman–Crippen MR) is 89.3 cm³/mol. The van der Waals surface area contributed by atoms with Gasteiger partial charge in [0.2, 0.25) is 0 Å². The number of carbonyl (C=O) groups is 2. The van der Waals surface area contributed by atoms with Crippen LogP contribution in [-0.2, 0) is 14.3 Å². The van der Waals surface area contributed by atoms with Gasteiger partial charge in [-0.3, -0.25) is 4.79 Å². The van der Waals surface area contributed by atoms with Crippen molar-refractivity contribution in [1.82, 2.24) is 5.32 Å². The Balaban J connectivity index is 1.67. The first-order valence-electron chi connectivity index (χ1n) is 7.92. The van der Waals surface area contributed by atoms with E-state index in [2.05, 4.69) is 5.32 Å². The van der Waals surface area contributed by atoms with Gasteiger partial charge in [0.1, 0.15) is 17.3 Å². The Bertz CT molecular complexity index is 665. The monoisotopic (exact) mass is 347 g/mol. The standard InChI is InChI=1S/C18H21NO6/c1-3-22-14-6-8-15(9-7-14)24-12-18(21)25-11-17(20)19-13(2)16-5-4-10-23-16/h4-10,13H,3,11-12H2,1-2H3,(H,19,20)/t13-/m0/s1. The van der Waals surface area contributed by atoms with Crippen LogP contribution in [0.5, 0.6) is 11.5 Å². The Labute approximate surface area is 145 Å². The second-order valence-electron chi connectivity index (χ2n) is 5.16. The Morgan fingerprint density at radius 1 is 1.08 bits per heavy atom. The molecule has 1 atom stereocenters. The van der Waals surface area contributed by atoms with Gasteiger partial charge in [0.25, 0.3) is 5.91 Å². The van der Waals surface area contributed by atoms with Crippen LogP contribution in [0, 0.1) is 0 Å². The zero-order chi connectivity index (χ0) is 18.1. The topological polar surface area (TPSA) is 87.0 Å². The first-order valence-corrected chi connectivity index (χ1v) is 7.92. The molecule has 7 nitrogen and oxygen atoms in total. The third-order valence-electron chi connectivity index (χ3n) is 3.20. The van der Waals surface area contributed by atoms with Crippen molar-refractivity contribution in [2.75, 3.05) is 19.8 Å². The van der Waals surface area contributed by atoms with Gasteiger partial charge in [-0.05, 0) is 50.2 Å². The van der Waals surface area contributed by atoms with E-state index in [1.165, 1.54) is 6.26 Å². The molecule has 0 aliphatic rings. The maximum atomic E-state index is 11.7. The van der Waals surface area contributed by atoms with E-state index in [4.69, 9.17) is 18.6 Å². The summed E-state index contributed by atoms with van der Waals surface area (Å²) in [4.78, 5) is 23.4. The molecule has 2 aromatic rings. The zero-order valence-electron chi connectivity index (χ0n) is 14.2. The highest BCUT2D eigenvalue weighted by atomic mass is 16.6. The van der Waals surface area contributed by atoms with Crippen LogP contribution in [0.2, 0.25) is 0 Å². The average molecular weight is 347 g/mol. The Kier molecular flexibility index (Phi) is 6.88. The highest BCUT2D eigenvalue weighted by Gasteiger charge is 2.13. The van der Waals surface area contributed by atoms with Crippen molar-refractivity contribution in [2.24, 2.45) is 0 Å². The quantitative estimate of drug-likeness (QED) is 0.701. The van der Waals surface area contributed by atoms with Crippen molar-refractivity contribution >= 4 is 11.9 Å². The largest absolute Gasteiger partial charge is 0.494 e. The summed E-state index contributed by atoms with van der Waals surface area (Å²) in [6, 6.07) is 10.0. The molecule has 1 aromatic heterocycles. The maximum Gasteiger partial charge on any atom is 0.344 e. The highest BCUT2D eigenvalue weighted by Crippen LogP contribution is 2.17. The second kappa shape index (κ2) is 9.36. The minimum absolute atomic E-state index is 0.283. The van der Waals surface area contributed by atoms with Crippen LogP contribution in [0.25, 0.3) is 0 Å². The lowest BCUT2D eigenvalue weighted by Gasteiger charge is -2.12. The lowest BCUT2D eigenvalue weighted by molar-refractivity contribution is -0.150. The smallest absolute Gasteiger partial charge is 0.344 e. The number of hydrogen-bond donors (Lipinski definition) is 1. The fraction of sp³-hybridized carbons (Fsp3) is 0.333. The van der Waals surface area contributed by atoms with E-state index in [1.54, 1.807) is 43.3 Å². The second-order valence-corrected chi connectivity index (χ2v) is 5.16. The highest BCUT2D eigenvalue weighted by molar-refractivity contribution is 5.81. The molecule has 0 saturated carbocycles. The number of amides is 1. The summed E-state index contributed by atoms with van der Waals surface area (Å²) < 4.78 is 20.7. The summed E-state index contributed by atoms with van der Waals surface area (Å²) in [5.74, 6) is 0.808. The summed E-state index contributed by atoms with van der Waals surface area (Å²) in [6.07, 6.45) is 1.52. The van der Waals surface area contributed by atoms with Gasteiger partial charge in [0.05, 0.1) is 18.9 Å². The molecular formula is C18H21NO6. The van der Waals surface area contributed by atoms with Crippen molar-refractivity contribution in [3.63, 3.8) is 0 Å². The van der Waals surface area contributed by atoms with Crippen molar-refractivity contribution in [3.05, 3.63) is 48.4 Å². The minimum atomic E-state index is -0.630. The number of carbonyl (C=O) groups excluding carboxylic acids is 2. The first-order chi connectivity index (χ1) is 12.1. The third-order valence-corrected chi connectivity index (χ3v) is 3.20. The summed E-state index contributed by atoms with van der Waals surface area (Å²) in [5, 5.41) is 2.66. The third kappa shape index (κ3) is 6.21. The molecule has 25 heavy (non-hydrogen) atoms. The summed E-state index contributed by atoms with van der Waals surface area (Å²) in [6.45, 7) is 3.58. The van der Waals surface area contributed by atoms with Crippen molar-refractivity contribution in [1.29, 1.82) is 0 Å². The number of esters is 1. The van der Waals surface area contributed by atoms with E-state index in [1.807, 2.05) is 6.92 Å². The zero-order valence-corrected chi connectivity index (χ0v) is 14.2. The molecular weight excluding hydrogens is 326 g/mol. The molecule has 0 fully saturated rings. The van der Waals surface area contributed by atoms with Crippen LogP contribution in [0.4, 0.5) is 0 Å². The number of nitrogens with one attached hydrogen (secondary N) is 1. The van der Waals surface area contributed by atoms with Crippen LogP contribution in [0.15, 0.2) is 47.1 Å².